The van der Waals surface area contributed by atoms with E-state index in [0.29, 0.717) is 29.9 Å². The Morgan fingerprint density at radius 2 is 1.76 bits per heavy atom. The highest BCUT2D eigenvalue weighted by molar-refractivity contribution is 8.04. The minimum absolute atomic E-state index is 0.0310. The molecule has 0 radical (unpaired) electrons. The highest BCUT2D eigenvalue weighted by atomic mass is 32.2. The van der Waals surface area contributed by atoms with Crippen molar-refractivity contribution >= 4 is 29.7 Å². The van der Waals surface area contributed by atoms with E-state index in [1.807, 2.05) is 30.3 Å². The van der Waals surface area contributed by atoms with Crippen LogP contribution in [0.25, 0.3) is 6.08 Å². The first-order valence-electron chi connectivity index (χ1n) is 14.4. The zero-order valence-corrected chi connectivity index (χ0v) is 23.5. The molecule has 202 valence electrons. The van der Waals surface area contributed by atoms with Crippen LogP contribution in [0.2, 0.25) is 0 Å². The Hall–Kier alpha value is -2.57. The molecule has 1 aliphatic carbocycles. The average Bonchev–Trinajstić information content (AvgIpc) is 3.20. The van der Waals surface area contributed by atoms with Crippen molar-refractivity contribution in [1.29, 1.82) is 0 Å². The van der Waals surface area contributed by atoms with Gasteiger partial charge in [0, 0.05) is 36.5 Å². The SMILES string of the molecule is Cc1cccc(CN2C(=O)/C(=C\c3ccc(C(=O)NCCN4CCCCCC4)cc3)SC3CCCCC32)c1. The lowest BCUT2D eigenvalue weighted by atomic mass is 9.92. The zero-order valence-electron chi connectivity index (χ0n) is 22.7. The number of fused-ring (bicyclic) bond motifs is 1. The molecule has 2 amide bonds. The van der Waals surface area contributed by atoms with Crippen LogP contribution >= 0.6 is 11.8 Å². The number of hydrogen-bond donors (Lipinski definition) is 1. The van der Waals surface area contributed by atoms with E-state index in [1.54, 1.807) is 11.8 Å². The minimum Gasteiger partial charge on any atom is -0.351 e. The number of amides is 2. The lowest BCUT2D eigenvalue weighted by Gasteiger charge is -2.44. The number of nitrogens with zero attached hydrogens (tertiary/aromatic N) is 2. The standard InChI is InChI=1S/C32H41N3O2S/c1-24-9-8-10-26(21-24)23-35-28-11-4-5-12-29(28)38-30(32(35)37)22-25-13-15-27(16-14-25)31(36)33-17-20-34-18-6-2-3-7-19-34/h8-10,13-16,21-22,28-29H,2-7,11-12,17-20,23H2,1H3,(H,33,36)/b30-22+. The van der Waals surface area contributed by atoms with E-state index in [1.165, 1.54) is 49.7 Å². The van der Waals surface area contributed by atoms with Gasteiger partial charge in [0.1, 0.15) is 0 Å². The van der Waals surface area contributed by atoms with Gasteiger partial charge in [-0.3, -0.25) is 9.59 Å². The van der Waals surface area contributed by atoms with E-state index in [0.717, 1.165) is 42.9 Å². The van der Waals surface area contributed by atoms with Gasteiger partial charge in [0.05, 0.1) is 4.91 Å². The van der Waals surface area contributed by atoms with Crippen LogP contribution in [0.3, 0.4) is 0 Å². The lowest BCUT2D eigenvalue weighted by Crippen LogP contribution is -2.50. The number of carbonyl (C=O) groups excluding carboxylic acids is 2. The molecule has 0 spiro atoms. The third-order valence-electron chi connectivity index (χ3n) is 8.14. The van der Waals surface area contributed by atoms with E-state index in [9.17, 15) is 9.59 Å². The molecule has 38 heavy (non-hydrogen) atoms. The molecule has 6 heteroatoms. The molecule has 3 aliphatic rings. The van der Waals surface area contributed by atoms with Crippen molar-refractivity contribution in [3.63, 3.8) is 0 Å². The normalized spacial score (nSPS) is 23.7. The van der Waals surface area contributed by atoms with Crippen LogP contribution < -0.4 is 5.32 Å². The molecule has 2 aromatic carbocycles. The molecule has 2 aliphatic heterocycles. The quantitative estimate of drug-likeness (QED) is 0.444. The fourth-order valence-corrected chi connectivity index (χ4v) is 7.51. The molecule has 1 N–H and O–H groups in total. The van der Waals surface area contributed by atoms with Crippen molar-refractivity contribution in [2.75, 3.05) is 26.2 Å². The maximum absolute atomic E-state index is 13.7. The molecule has 2 atom stereocenters. The minimum atomic E-state index is -0.0310. The number of rotatable bonds is 7. The Labute approximate surface area is 232 Å². The second kappa shape index (κ2) is 13.0. The summed E-state index contributed by atoms with van der Waals surface area (Å²) in [4.78, 5) is 31.8. The van der Waals surface area contributed by atoms with Crippen molar-refractivity contribution in [2.24, 2.45) is 0 Å². The predicted octanol–water partition coefficient (Wildman–Crippen LogP) is 6.03. The number of nitrogens with one attached hydrogen (secondary N) is 1. The smallest absolute Gasteiger partial charge is 0.260 e. The third-order valence-corrected chi connectivity index (χ3v) is 9.54. The number of hydrogen-bond acceptors (Lipinski definition) is 4. The molecular formula is C32H41N3O2S. The summed E-state index contributed by atoms with van der Waals surface area (Å²) < 4.78 is 0. The van der Waals surface area contributed by atoms with Gasteiger partial charge in [0.15, 0.2) is 0 Å². The van der Waals surface area contributed by atoms with E-state index < -0.39 is 0 Å². The summed E-state index contributed by atoms with van der Waals surface area (Å²) in [6.07, 6.45) is 11.8. The first-order valence-corrected chi connectivity index (χ1v) is 15.3. The van der Waals surface area contributed by atoms with E-state index in [-0.39, 0.29) is 11.8 Å². The van der Waals surface area contributed by atoms with Crippen LogP contribution in [0.15, 0.2) is 53.4 Å². The molecule has 2 aromatic rings. The summed E-state index contributed by atoms with van der Waals surface area (Å²) in [5.74, 6) is 0.103. The van der Waals surface area contributed by atoms with Crippen LogP contribution in [0.4, 0.5) is 0 Å². The van der Waals surface area contributed by atoms with Crippen LogP contribution in [0.5, 0.6) is 0 Å². The fraction of sp³-hybridized carbons (Fsp3) is 0.500. The van der Waals surface area contributed by atoms with Gasteiger partial charge in [-0.15, -0.1) is 11.8 Å². The Balaban J connectivity index is 1.23. The monoisotopic (exact) mass is 531 g/mol. The van der Waals surface area contributed by atoms with Crippen LogP contribution in [-0.4, -0.2) is 59.1 Å². The Morgan fingerprint density at radius 1 is 1.00 bits per heavy atom. The fourth-order valence-electron chi connectivity index (χ4n) is 6.04. The summed E-state index contributed by atoms with van der Waals surface area (Å²) in [7, 11) is 0. The maximum Gasteiger partial charge on any atom is 0.260 e. The molecule has 0 bridgehead atoms. The third kappa shape index (κ3) is 6.89. The topological polar surface area (TPSA) is 52.7 Å². The molecule has 1 saturated carbocycles. The number of benzene rings is 2. The molecule has 2 unspecified atom stereocenters. The second-order valence-corrected chi connectivity index (χ2v) is 12.4. The molecule has 5 rings (SSSR count). The van der Waals surface area contributed by atoms with Gasteiger partial charge in [-0.2, -0.15) is 0 Å². The van der Waals surface area contributed by atoms with E-state index in [4.69, 9.17) is 0 Å². The van der Waals surface area contributed by atoms with Gasteiger partial charge in [-0.25, -0.2) is 0 Å². The zero-order chi connectivity index (χ0) is 26.3. The number of carbonyl (C=O) groups is 2. The van der Waals surface area contributed by atoms with Crippen molar-refractivity contribution in [3.05, 3.63) is 75.7 Å². The second-order valence-electron chi connectivity index (χ2n) is 11.1. The molecule has 3 fully saturated rings. The highest BCUT2D eigenvalue weighted by Gasteiger charge is 2.40. The highest BCUT2D eigenvalue weighted by Crippen LogP contribution is 2.42. The largest absolute Gasteiger partial charge is 0.351 e. The van der Waals surface area contributed by atoms with Gasteiger partial charge >= 0.3 is 0 Å². The maximum atomic E-state index is 13.7. The number of aryl methyl sites for hydroxylation is 1. The molecule has 2 heterocycles. The van der Waals surface area contributed by atoms with Crippen molar-refractivity contribution in [1.82, 2.24) is 15.1 Å². The first kappa shape index (κ1) is 27.0. The van der Waals surface area contributed by atoms with Crippen molar-refractivity contribution in [2.45, 2.75) is 76.1 Å². The molecule has 0 aromatic heterocycles. The van der Waals surface area contributed by atoms with Crippen LogP contribution in [0, 0.1) is 6.92 Å². The van der Waals surface area contributed by atoms with Gasteiger partial charge in [-0.1, -0.05) is 67.6 Å². The summed E-state index contributed by atoms with van der Waals surface area (Å²) in [5.41, 5.74) is 4.05. The molecule has 5 nitrogen and oxygen atoms in total. The average molecular weight is 532 g/mol. The predicted molar refractivity (Wildman–Crippen MR) is 157 cm³/mol. The number of likely N-dealkylation sites (tertiary alicyclic amines) is 1. The van der Waals surface area contributed by atoms with Gasteiger partial charge in [0.25, 0.3) is 11.8 Å². The molecular weight excluding hydrogens is 490 g/mol. The van der Waals surface area contributed by atoms with Gasteiger partial charge in [0.2, 0.25) is 0 Å². The van der Waals surface area contributed by atoms with Crippen molar-refractivity contribution < 1.29 is 9.59 Å². The Bertz CT molecular complexity index is 1140. The molecule has 2 saturated heterocycles. The van der Waals surface area contributed by atoms with Gasteiger partial charge in [-0.05, 0) is 75.0 Å². The van der Waals surface area contributed by atoms with E-state index >= 15 is 0 Å². The van der Waals surface area contributed by atoms with Crippen LogP contribution in [-0.2, 0) is 11.3 Å². The Kier molecular flexibility index (Phi) is 9.23. The number of thioether (sulfide) groups is 1. The van der Waals surface area contributed by atoms with Crippen LogP contribution in [0.1, 0.15) is 78.4 Å². The summed E-state index contributed by atoms with van der Waals surface area (Å²) >= 11 is 1.76. The Morgan fingerprint density at radius 3 is 2.53 bits per heavy atom. The van der Waals surface area contributed by atoms with Gasteiger partial charge < -0.3 is 15.1 Å². The summed E-state index contributed by atoms with van der Waals surface area (Å²) in [6.45, 7) is 6.63. The van der Waals surface area contributed by atoms with E-state index in [2.05, 4.69) is 46.3 Å². The lowest BCUT2D eigenvalue weighted by molar-refractivity contribution is -0.130. The summed E-state index contributed by atoms with van der Waals surface area (Å²) in [5, 5.41) is 3.53. The van der Waals surface area contributed by atoms with Crippen molar-refractivity contribution in [3.8, 4) is 0 Å². The summed E-state index contributed by atoms with van der Waals surface area (Å²) in [6, 6.07) is 16.5. The first-order chi connectivity index (χ1) is 18.6.